The molecule has 1 aliphatic heterocycles. The van der Waals surface area contributed by atoms with Crippen LogP contribution >= 0.6 is 0 Å². The normalized spacial score (nSPS) is 14.3. The third kappa shape index (κ3) is 3.22. The van der Waals surface area contributed by atoms with E-state index in [-0.39, 0.29) is 10.6 Å². The highest BCUT2D eigenvalue weighted by Crippen LogP contribution is 2.46. The van der Waals surface area contributed by atoms with E-state index in [2.05, 4.69) is 0 Å². The average molecular weight is 466 g/mol. The van der Waals surface area contributed by atoms with E-state index in [9.17, 15) is 8.42 Å². The number of hydrogen-bond donors (Lipinski definition) is 0. The van der Waals surface area contributed by atoms with Gasteiger partial charge in [0.15, 0.2) is 27.0 Å². The molecule has 170 valence electrons. The first-order valence-electron chi connectivity index (χ1n) is 10.4. The summed E-state index contributed by atoms with van der Waals surface area (Å²) >= 11 is 0. The van der Waals surface area contributed by atoms with Gasteiger partial charge in [-0.25, -0.2) is 18.1 Å². The van der Waals surface area contributed by atoms with Crippen LogP contribution in [0.1, 0.15) is 11.4 Å². The lowest BCUT2D eigenvalue weighted by molar-refractivity contribution is 0.324. The Morgan fingerprint density at radius 3 is 2.24 bits per heavy atom. The van der Waals surface area contributed by atoms with Crippen molar-refractivity contribution in [2.75, 3.05) is 27.1 Å². The lowest BCUT2D eigenvalue weighted by Gasteiger charge is -2.16. The number of nitrogens with zero attached hydrogens (tertiary/aromatic N) is 3. The maximum absolute atomic E-state index is 13.2. The maximum atomic E-state index is 13.2. The smallest absolute Gasteiger partial charge is 0.203 e. The standard InChI is InChI=1S/C24H23N3O5S/c1-14-20-21(15-12-18(30-2)22(32-4)19(13-15)31-3)23-17(10-11-33(23,28)29)25-24(20)27(26-14)16-8-6-5-7-9-16/h5-9,12-13H,10-11H2,1-4H3. The first kappa shape index (κ1) is 21.3. The summed E-state index contributed by atoms with van der Waals surface area (Å²) < 4.78 is 44.6. The average Bonchev–Trinajstić information content (AvgIpc) is 3.33. The quantitative estimate of drug-likeness (QED) is 0.443. The summed E-state index contributed by atoms with van der Waals surface area (Å²) in [6.45, 7) is 1.86. The van der Waals surface area contributed by atoms with Crippen LogP contribution in [0.4, 0.5) is 0 Å². The Kier molecular flexibility index (Phi) is 5.01. The molecular formula is C24H23N3O5S. The third-order valence-corrected chi connectivity index (χ3v) is 7.69. The lowest BCUT2D eigenvalue weighted by atomic mass is 9.99. The molecule has 0 saturated heterocycles. The van der Waals surface area contributed by atoms with Gasteiger partial charge in [-0.15, -0.1) is 0 Å². The van der Waals surface area contributed by atoms with Crippen LogP contribution < -0.4 is 14.2 Å². The fourth-order valence-corrected chi connectivity index (χ4v) is 6.14. The zero-order chi connectivity index (χ0) is 23.3. The molecule has 8 nitrogen and oxygen atoms in total. The number of fused-ring (bicyclic) bond motifs is 2. The number of ether oxygens (including phenoxy) is 3. The molecule has 2 aromatic heterocycles. The minimum atomic E-state index is -3.52. The number of methoxy groups -OCH3 is 3. The summed E-state index contributed by atoms with van der Waals surface area (Å²) in [4.78, 5) is 5.04. The van der Waals surface area contributed by atoms with Crippen LogP contribution in [0.2, 0.25) is 0 Å². The van der Waals surface area contributed by atoms with Crippen molar-refractivity contribution >= 4 is 20.9 Å². The van der Waals surface area contributed by atoms with Crippen LogP contribution in [0.5, 0.6) is 17.2 Å². The van der Waals surface area contributed by atoms with Crippen molar-refractivity contribution < 1.29 is 22.6 Å². The molecule has 0 radical (unpaired) electrons. The summed E-state index contributed by atoms with van der Waals surface area (Å²) in [7, 11) is 1.08. The van der Waals surface area contributed by atoms with Crippen molar-refractivity contribution in [1.82, 2.24) is 14.8 Å². The second-order valence-electron chi connectivity index (χ2n) is 7.78. The Labute approximate surface area is 191 Å². The number of hydrogen-bond acceptors (Lipinski definition) is 7. The highest BCUT2D eigenvalue weighted by atomic mass is 32.2. The van der Waals surface area contributed by atoms with Crippen molar-refractivity contribution in [3.8, 4) is 34.1 Å². The fourth-order valence-electron chi connectivity index (χ4n) is 4.44. The van der Waals surface area contributed by atoms with Gasteiger partial charge in [-0.1, -0.05) is 18.2 Å². The number of sulfone groups is 1. The van der Waals surface area contributed by atoms with E-state index in [4.69, 9.17) is 24.3 Å². The Bertz CT molecular complexity index is 1470. The van der Waals surface area contributed by atoms with Crippen LogP contribution in [0.3, 0.4) is 0 Å². The van der Waals surface area contributed by atoms with Gasteiger partial charge in [-0.05, 0) is 36.8 Å². The van der Waals surface area contributed by atoms with E-state index in [1.807, 2.05) is 37.3 Å². The molecule has 0 aliphatic carbocycles. The maximum Gasteiger partial charge on any atom is 0.203 e. The van der Waals surface area contributed by atoms with Gasteiger partial charge in [0.05, 0.1) is 54.4 Å². The molecule has 0 fully saturated rings. The molecule has 3 heterocycles. The van der Waals surface area contributed by atoms with E-state index >= 15 is 0 Å². The Morgan fingerprint density at radius 1 is 0.970 bits per heavy atom. The van der Waals surface area contributed by atoms with Crippen molar-refractivity contribution in [3.63, 3.8) is 0 Å². The van der Waals surface area contributed by atoms with E-state index < -0.39 is 9.84 Å². The lowest BCUT2D eigenvalue weighted by Crippen LogP contribution is -2.04. The van der Waals surface area contributed by atoms with E-state index in [1.54, 1.807) is 16.8 Å². The van der Waals surface area contributed by atoms with Crippen molar-refractivity contribution in [2.45, 2.75) is 18.2 Å². The Balaban J connectivity index is 1.93. The minimum Gasteiger partial charge on any atom is -0.493 e. The highest BCUT2D eigenvalue weighted by Gasteiger charge is 2.35. The van der Waals surface area contributed by atoms with Crippen LogP contribution in [0.25, 0.3) is 27.8 Å². The van der Waals surface area contributed by atoms with Crippen LogP contribution in [0, 0.1) is 6.92 Å². The number of aromatic nitrogens is 3. The summed E-state index contributed by atoms with van der Waals surface area (Å²) in [5, 5.41) is 5.40. The number of benzene rings is 2. The van der Waals surface area contributed by atoms with Gasteiger partial charge in [0, 0.05) is 12.0 Å². The molecule has 0 N–H and O–H groups in total. The molecule has 4 aromatic rings. The largest absolute Gasteiger partial charge is 0.493 e. The summed E-state index contributed by atoms with van der Waals surface area (Å²) in [6, 6.07) is 13.2. The van der Waals surface area contributed by atoms with Crippen molar-refractivity contribution in [2.24, 2.45) is 0 Å². The molecule has 33 heavy (non-hydrogen) atoms. The predicted octanol–water partition coefficient (Wildman–Crippen LogP) is 3.75. The Morgan fingerprint density at radius 2 is 1.64 bits per heavy atom. The van der Waals surface area contributed by atoms with E-state index in [1.165, 1.54) is 21.3 Å². The van der Waals surface area contributed by atoms with Gasteiger partial charge in [0.1, 0.15) is 0 Å². The molecular weight excluding hydrogens is 442 g/mol. The first-order chi connectivity index (χ1) is 15.9. The predicted molar refractivity (Wildman–Crippen MR) is 124 cm³/mol. The van der Waals surface area contributed by atoms with Gasteiger partial charge in [0.2, 0.25) is 5.75 Å². The van der Waals surface area contributed by atoms with Gasteiger partial charge >= 0.3 is 0 Å². The zero-order valence-electron chi connectivity index (χ0n) is 18.7. The third-order valence-electron chi connectivity index (χ3n) is 5.89. The summed E-state index contributed by atoms with van der Waals surface area (Å²) in [5.41, 5.74) is 3.87. The van der Waals surface area contributed by atoms with Gasteiger partial charge in [0.25, 0.3) is 0 Å². The number of aryl methyl sites for hydroxylation is 2. The van der Waals surface area contributed by atoms with Crippen molar-refractivity contribution in [1.29, 1.82) is 0 Å². The molecule has 0 atom stereocenters. The first-order valence-corrected chi connectivity index (χ1v) is 12.1. The van der Waals surface area contributed by atoms with E-state index in [0.717, 1.165) is 5.69 Å². The molecule has 0 amide bonds. The fraction of sp³-hybridized carbons (Fsp3) is 0.250. The highest BCUT2D eigenvalue weighted by molar-refractivity contribution is 7.91. The number of rotatable bonds is 5. The van der Waals surface area contributed by atoms with Crippen LogP contribution in [-0.2, 0) is 16.3 Å². The minimum absolute atomic E-state index is 0.0250. The second-order valence-corrected chi connectivity index (χ2v) is 9.82. The van der Waals surface area contributed by atoms with Crippen molar-refractivity contribution in [3.05, 3.63) is 53.9 Å². The second kappa shape index (κ2) is 7.77. The molecule has 0 spiro atoms. The SMILES string of the molecule is COc1cc(-c2c3c(nc4c2c(C)nn4-c2ccccc2)CCS3(=O)=O)cc(OC)c1OC. The molecule has 5 rings (SSSR count). The topological polar surface area (TPSA) is 92.5 Å². The van der Waals surface area contributed by atoms with Gasteiger partial charge in [-0.2, -0.15) is 5.10 Å². The van der Waals surface area contributed by atoms with E-state index in [0.29, 0.717) is 57.2 Å². The molecule has 9 heteroatoms. The Hall–Kier alpha value is -3.59. The van der Waals surface area contributed by atoms with Crippen LogP contribution in [0.15, 0.2) is 47.4 Å². The molecule has 0 saturated carbocycles. The van der Waals surface area contributed by atoms with Crippen LogP contribution in [-0.4, -0.2) is 50.3 Å². The monoisotopic (exact) mass is 465 g/mol. The number of para-hydroxylation sites is 1. The van der Waals surface area contributed by atoms with Gasteiger partial charge in [-0.3, -0.25) is 0 Å². The molecule has 2 aromatic carbocycles. The number of pyridine rings is 1. The molecule has 0 bridgehead atoms. The zero-order valence-corrected chi connectivity index (χ0v) is 19.6. The molecule has 0 unspecified atom stereocenters. The summed E-state index contributed by atoms with van der Waals surface area (Å²) in [6.07, 6.45) is 0.351. The summed E-state index contributed by atoms with van der Waals surface area (Å²) in [5.74, 6) is 1.34. The van der Waals surface area contributed by atoms with Gasteiger partial charge < -0.3 is 14.2 Å². The molecule has 1 aliphatic rings.